The van der Waals surface area contributed by atoms with Crippen molar-refractivity contribution in [2.45, 2.75) is 34.1 Å². The van der Waals surface area contributed by atoms with E-state index >= 15 is 0 Å². The fourth-order valence-corrected chi connectivity index (χ4v) is 2.31. The summed E-state index contributed by atoms with van der Waals surface area (Å²) < 4.78 is 1.78. The van der Waals surface area contributed by atoms with Gasteiger partial charge in [-0.15, -0.1) is 0 Å². The maximum absolute atomic E-state index is 6.16. The van der Waals surface area contributed by atoms with E-state index in [1.807, 2.05) is 7.05 Å². The number of benzene rings is 1. The molecular formula is C16H23N3. The molecule has 0 saturated carbocycles. The molecule has 3 nitrogen and oxygen atoms in total. The van der Waals surface area contributed by atoms with Crippen LogP contribution in [-0.2, 0) is 13.5 Å². The van der Waals surface area contributed by atoms with Gasteiger partial charge in [0.25, 0.3) is 0 Å². The average molecular weight is 257 g/mol. The first-order valence-corrected chi connectivity index (χ1v) is 6.79. The minimum Gasteiger partial charge on any atom is -0.384 e. The Bertz CT molecular complexity index is 594. The maximum atomic E-state index is 6.16. The molecule has 1 heterocycles. The molecule has 1 aromatic heterocycles. The summed E-state index contributed by atoms with van der Waals surface area (Å²) in [5.74, 6) is 1.35. The number of rotatable bonds is 3. The molecule has 2 aromatic rings. The highest BCUT2D eigenvalue weighted by molar-refractivity contribution is 5.69. The second-order valence-corrected chi connectivity index (χ2v) is 5.73. The second kappa shape index (κ2) is 5.08. The fourth-order valence-electron chi connectivity index (χ4n) is 2.31. The first-order chi connectivity index (χ1) is 8.90. The Morgan fingerprint density at radius 1 is 1.21 bits per heavy atom. The average Bonchev–Trinajstić information content (AvgIpc) is 2.60. The van der Waals surface area contributed by atoms with Crippen LogP contribution in [0.15, 0.2) is 18.2 Å². The quantitative estimate of drug-likeness (QED) is 0.914. The highest BCUT2D eigenvalue weighted by Crippen LogP contribution is 2.30. The molecule has 0 unspecified atom stereocenters. The Balaban J connectivity index is 2.54. The fraction of sp³-hybridized carbons (Fsp3) is 0.438. The lowest BCUT2D eigenvalue weighted by Crippen LogP contribution is -2.02. The Labute approximate surface area is 115 Å². The van der Waals surface area contributed by atoms with Crippen LogP contribution in [0.4, 0.5) is 5.82 Å². The van der Waals surface area contributed by atoms with Gasteiger partial charge in [0.1, 0.15) is 5.82 Å². The smallest absolute Gasteiger partial charge is 0.125 e. The Hall–Kier alpha value is -1.77. The third-order valence-electron chi connectivity index (χ3n) is 3.59. The lowest BCUT2D eigenvalue weighted by Gasteiger charge is -2.08. The standard InChI is InChI=1S/C16H23N3/c1-10(2)8-14-15(18-19(5)16(14)17)13-7-6-11(3)12(4)9-13/h6-7,9-10H,8,17H2,1-5H3. The Kier molecular flexibility index (Phi) is 3.65. The van der Waals surface area contributed by atoms with Crippen molar-refractivity contribution in [1.29, 1.82) is 0 Å². The van der Waals surface area contributed by atoms with E-state index in [4.69, 9.17) is 5.73 Å². The molecule has 0 atom stereocenters. The van der Waals surface area contributed by atoms with Crippen molar-refractivity contribution >= 4 is 5.82 Å². The van der Waals surface area contributed by atoms with E-state index in [1.165, 1.54) is 16.7 Å². The van der Waals surface area contributed by atoms with E-state index in [1.54, 1.807) is 4.68 Å². The number of aromatic nitrogens is 2. The molecule has 0 saturated heterocycles. The van der Waals surface area contributed by atoms with Crippen molar-refractivity contribution in [2.24, 2.45) is 13.0 Å². The van der Waals surface area contributed by atoms with Gasteiger partial charge in [0.15, 0.2) is 0 Å². The normalized spacial score (nSPS) is 11.3. The molecule has 0 fully saturated rings. The number of aryl methyl sites for hydroxylation is 3. The van der Waals surface area contributed by atoms with E-state index in [2.05, 4.69) is 51.0 Å². The highest BCUT2D eigenvalue weighted by atomic mass is 15.3. The first-order valence-electron chi connectivity index (χ1n) is 6.79. The molecule has 0 aliphatic carbocycles. The number of hydrogen-bond donors (Lipinski definition) is 1. The zero-order chi connectivity index (χ0) is 14.2. The van der Waals surface area contributed by atoms with Gasteiger partial charge in [0, 0.05) is 18.2 Å². The summed E-state index contributed by atoms with van der Waals surface area (Å²) in [6.07, 6.45) is 0.960. The number of anilines is 1. The van der Waals surface area contributed by atoms with E-state index in [9.17, 15) is 0 Å². The van der Waals surface area contributed by atoms with Crippen LogP contribution in [0.1, 0.15) is 30.5 Å². The predicted molar refractivity (Wildman–Crippen MR) is 81.1 cm³/mol. The molecule has 0 aliphatic rings. The molecule has 0 spiro atoms. The molecule has 3 heteroatoms. The molecule has 2 rings (SSSR count). The molecule has 0 bridgehead atoms. The van der Waals surface area contributed by atoms with Crippen LogP contribution in [0.5, 0.6) is 0 Å². The first kappa shape index (κ1) is 13.7. The summed E-state index contributed by atoms with van der Waals surface area (Å²) in [6.45, 7) is 8.67. The second-order valence-electron chi connectivity index (χ2n) is 5.73. The van der Waals surface area contributed by atoms with Crippen LogP contribution < -0.4 is 5.73 Å². The molecule has 0 aliphatic heterocycles. The summed E-state index contributed by atoms with van der Waals surface area (Å²) in [6, 6.07) is 6.48. The van der Waals surface area contributed by atoms with Crippen molar-refractivity contribution in [3.63, 3.8) is 0 Å². The number of nitrogens with zero attached hydrogens (tertiary/aromatic N) is 2. The van der Waals surface area contributed by atoms with Gasteiger partial charge in [0.2, 0.25) is 0 Å². The van der Waals surface area contributed by atoms with Gasteiger partial charge < -0.3 is 5.73 Å². The predicted octanol–water partition coefficient (Wildman–Crippen LogP) is 3.48. The zero-order valence-corrected chi connectivity index (χ0v) is 12.5. The van der Waals surface area contributed by atoms with Crippen LogP contribution in [-0.4, -0.2) is 9.78 Å². The highest BCUT2D eigenvalue weighted by Gasteiger charge is 2.16. The summed E-state index contributed by atoms with van der Waals surface area (Å²) >= 11 is 0. The van der Waals surface area contributed by atoms with Crippen LogP contribution in [0.3, 0.4) is 0 Å². The summed E-state index contributed by atoms with van der Waals surface area (Å²) in [7, 11) is 1.91. The van der Waals surface area contributed by atoms with Crippen LogP contribution >= 0.6 is 0 Å². The van der Waals surface area contributed by atoms with Crippen molar-refractivity contribution in [3.05, 3.63) is 34.9 Å². The summed E-state index contributed by atoms with van der Waals surface area (Å²) in [4.78, 5) is 0. The van der Waals surface area contributed by atoms with Crippen LogP contribution in [0, 0.1) is 19.8 Å². The van der Waals surface area contributed by atoms with Crippen molar-refractivity contribution in [3.8, 4) is 11.3 Å². The van der Waals surface area contributed by atoms with E-state index in [-0.39, 0.29) is 0 Å². The van der Waals surface area contributed by atoms with Gasteiger partial charge in [-0.2, -0.15) is 5.10 Å². The van der Waals surface area contributed by atoms with Crippen molar-refractivity contribution in [1.82, 2.24) is 9.78 Å². The Morgan fingerprint density at radius 2 is 1.89 bits per heavy atom. The molecular weight excluding hydrogens is 234 g/mol. The summed E-state index contributed by atoms with van der Waals surface area (Å²) in [5, 5.41) is 4.60. The molecule has 1 aromatic carbocycles. The number of hydrogen-bond acceptors (Lipinski definition) is 2. The monoisotopic (exact) mass is 257 g/mol. The minimum atomic E-state index is 0.566. The zero-order valence-electron chi connectivity index (χ0n) is 12.5. The number of nitrogen functional groups attached to an aromatic ring is 1. The molecule has 102 valence electrons. The van der Waals surface area contributed by atoms with Gasteiger partial charge in [0.05, 0.1) is 5.69 Å². The van der Waals surface area contributed by atoms with Crippen molar-refractivity contribution in [2.75, 3.05) is 5.73 Å². The lowest BCUT2D eigenvalue weighted by atomic mass is 9.97. The Morgan fingerprint density at radius 3 is 2.47 bits per heavy atom. The third-order valence-corrected chi connectivity index (χ3v) is 3.59. The van der Waals surface area contributed by atoms with Gasteiger partial charge in [-0.05, 0) is 43.4 Å². The minimum absolute atomic E-state index is 0.566. The maximum Gasteiger partial charge on any atom is 0.125 e. The number of nitrogens with two attached hydrogens (primary N) is 1. The third kappa shape index (κ3) is 2.65. The van der Waals surface area contributed by atoms with Gasteiger partial charge in [-0.3, -0.25) is 4.68 Å². The lowest BCUT2D eigenvalue weighted by molar-refractivity contribution is 0.648. The SMILES string of the molecule is Cc1ccc(-c2nn(C)c(N)c2CC(C)C)cc1C. The molecule has 0 amide bonds. The van der Waals surface area contributed by atoms with Gasteiger partial charge in [-0.1, -0.05) is 26.0 Å². The van der Waals surface area contributed by atoms with Crippen LogP contribution in [0.25, 0.3) is 11.3 Å². The molecule has 0 radical (unpaired) electrons. The molecule has 19 heavy (non-hydrogen) atoms. The topological polar surface area (TPSA) is 43.8 Å². The van der Waals surface area contributed by atoms with Gasteiger partial charge in [-0.25, -0.2) is 0 Å². The van der Waals surface area contributed by atoms with E-state index in [0.29, 0.717) is 5.92 Å². The summed E-state index contributed by atoms with van der Waals surface area (Å²) in [5.41, 5.74) is 12.1. The largest absolute Gasteiger partial charge is 0.384 e. The van der Waals surface area contributed by atoms with E-state index < -0.39 is 0 Å². The van der Waals surface area contributed by atoms with E-state index in [0.717, 1.165) is 23.5 Å². The molecule has 2 N–H and O–H groups in total. The van der Waals surface area contributed by atoms with Gasteiger partial charge >= 0.3 is 0 Å². The van der Waals surface area contributed by atoms with Crippen LogP contribution in [0.2, 0.25) is 0 Å². The van der Waals surface area contributed by atoms with Crippen molar-refractivity contribution < 1.29 is 0 Å².